The number of halogens is 1. The third kappa shape index (κ3) is 4.95. The molecule has 0 aromatic heterocycles. The maximum absolute atomic E-state index is 11.0. The summed E-state index contributed by atoms with van der Waals surface area (Å²) in [4.78, 5) is 10.6. The van der Waals surface area contributed by atoms with Gasteiger partial charge in [0, 0.05) is 6.61 Å². The number of hydrogen-bond acceptors (Lipinski definition) is 4. The molecule has 0 radical (unpaired) electrons. The predicted octanol–water partition coefficient (Wildman–Crippen LogP) is 1.51. The minimum Gasteiger partial charge on any atom is -0.468 e. The van der Waals surface area contributed by atoms with Crippen LogP contribution in [0.5, 0.6) is 0 Å². The van der Waals surface area contributed by atoms with E-state index in [1.165, 1.54) is 13.5 Å². The molecule has 0 saturated carbocycles. The first-order chi connectivity index (χ1) is 7.24. The summed E-state index contributed by atoms with van der Waals surface area (Å²) >= 11 is 3.19. The molecule has 1 aliphatic rings. The average Bonchev–Trinajstić information content (AvgIpc) is 2.29. The fourth-order valence-corrected chi connectivity index (χ4v) is 1.81. The third-order valence-corrected chi connectivity index (χ3v) is 2.94. The maximum atomic E-state index is 11.0. The SMILES string of the molecule is COC(=O)C(Br)COCC1CCCCO1. The van der Waals surface area contributed by atoms with Gasteiger partial charge in [-0.25, -0.2) is 0 Å². The van der Waals surface area contributed by atoms with Crippen molar-refractivity contribution in [3.63, 3.8) is 0 Å². The van der Waals surface area contributed by atoms with Gasteiger partial charge in [-0.05, 0) is 19.3 Å². The van der Waals surface area contributed by atoms with E-state index in [0.717, 1.165) is 19.4 Å². The molecule has 0 bridgehead atoms. The van der Waals surface area contributed by atoms with Crippen molar-refractivity contribution in [1.82, 2.24) is 0 Å². The zero-order chi connectivity index (χ0) is 11.1. The quantitative estimate of drug-likeness (QED) is 0.566. The molecule has 1 aliphatic heterocycles. The van der Waals surface area contributed by atoms with Crippen LogP contribution in [0.4, 0.5) is 0 Å². The molecule has 0 spiro atoms. The van der Waals surface area contributed by atoms with Crippen LogP contribution in [-0.4, -0.2) is 43.8 Å². The number of carbonyl (C=O) groups is 1. The van der Waals surface area contributed by atoms with Gasteiger partial charge in [-0.2, -0.15) is 0 Å². The molecule has 2 atom stereocenters. The van der Waals surface area contributed by atoms with Crippen molar-refractivity contribution in [2.24, 2.45) is 0 Å². The van der Waals surface area contributed by atoms with Crippen molar-refractivity contribution in [1.29, 1.82) is 0 Å². The molecule has 2 unspecified atom stereocenters. The molecule has 1 heterocycles. The lowest BCUT2D eigenvalue weighted by molar-refractivity contribution is -0.141. The second kappa shape index (κ2) is 7.19. The molecule has 0 aromatic carbocycles. The number of ether oxygens (including phenoxy) is 3. The first-order valence-electron chi connectivity index (χ1n) is 5.15. The van der Waals surface area contributed by atoms with E-state index >= 15 is 0 Å². The Morgan fingerprint density at radius 2 is 2.40 bits per heavy atom. The zero-order valence-electron chi connectivity index (χ0n) is 8.91. The zero-order valence-corrected chi connectivity index (χ0v) is 10.5. The molecule has 1 saturated heterocycles. The van der Waals surface area contributed by atoms with Gasteiger partial charge in [-0.1, -0.05) is 15.9 Å². The molecule has 0 N–H and O–H groups in total. The van der Waals surface area contributed by atoms with Crippen LogP contribution in [-0.2, 0) is 19.0 Å². The fraction of sp³-hybridized carbons (Fsp3) is 0.900. The fourth-order valence-electron chi connectivity index (χ4n) is 1.44. The summed E-state index contributed by atoms with van der Waals surface area (Å²) in [5.74, 6) is -0.306. The lowest BCUT2D eigenvalue weighted by atomic mass is 10.1. The summed E-state index contributed by atoms with van der Waals surface area (Å²) in [6.45, 7) is 1.70. The van der Waals surface area contributed by atoms with Crippen molar-refractivity contribution in [2.45, 2.75) is 30.2 Å². The Morgan fingerprint density at radius 3 is 3.00 bits per heavy atom. The number of esters is 1. The molecular weight excluding hydrogens is 264 g/mol. The molecule has 1 rings (SSSR count). The van der Waals surface area contributed by atoms with E-state index in [2.05, 4.69) is 20.7 Å². The van der Waals surface area contributed by atoms with Gasteiger partial charge in [-0.15, -0.1) is 0 Å². The van der Waals surface area contributed by atoms with Crippen molar-refractivity contribution in [2.75, 3.05) is 26.9 Å². The Morgan fingerprint density at radius 1 is 1.60 bits per heavy atom. The topological polar surface area (TPSA) is 44.8 Å². The Bertz CT molecular complexity index is 192. The minimum atomic E-state index is -0.383. The van der Waals surface area contributed by atoms with E-state index in [0.29, 0.717) is 13.2 Å². The summed E-state index contributed by atoms with van der Waals surface area (Å²) in [6.07, 6.45) is 3.57. The Labute approximate surface area is 98.4 Å². The smallest absolute Gasteiger partial charge is 0.321 e. The van der Waals surface area contributed by atoms with E-state index in [-0.39, 0.29) is 16.9 Å². The molecule has 5 heteroatoms. The van der Waals surface area contributed by atoms with Crippen LogP contribution in [0.2, 0.25) is 0 Å². The summed E-state index contributed by atoms with van der Waals surface area (Å²) < 4.78 is 15.4. The number of rotatable bonds is 5. The van der Waals surface area contributed by atoms with Crippen LogP contribution in [0, 0.1) is 0 Å². The van der Waals surface area contributed by atoms with Crippen LogP contribution < -0.4 is 0 Å². The number of methoxy groups -OCH3 is 1. The second-order valence-electron chi connectivity index (χ2n) is 3.52. The summed E-state index contributed by atoms with van der Waals surface area (Å²) in [6, 6.07) is 0. The molecule has 15 heavy (non-hydrogen) atoms. The van der Waals surface area contributed by atoms with Gasteiger partial charge in [0.05, 0.1) is 26.4 Å². The van der Waals surface area contributed by atoms with Crippen molar-refractivity contribution in [3.05, 3.63) is 0 Å². The van der Waals surface area contributed by atoms with E-state index < -0.39 is 0 Å². The molecule has 1 fully saturated rings. The predicted molar refractivity (Wildman–Crippen MR) is 59.1 cm³/mol. The highest BCUT2D eigenvalue weighted by molar-refractivity contribution is 9.10. The van der Waals surface area contributed by atoms with Crippen molar-refractivity contribution in [3.8, 4) is 0 Å². The van der Waals surface area contributed by atoms with Crippen LogP contribution in [0.1, 0.15) is 19.3 Å². The van der Waals surface area contributed by atoms with Crippen LogP contribution in [0.15, 0.2) is 0 Å². The molecule has 88 valence electrons. The van der Waals surface area contributed by atoms with E-state index in [9.17, 15) is 4.79 Å². The van der Waals surface area contributed by atoms with E-state index in [4.69, 9.17) is 9.47 Å². The third-order valence-electron chi connectivity index (χ3n) is 2.30. The monoisotopic (exact) mass is 280 g/mol. The Kier molecular flexibility index (Phi) is 6.20. The van der Waals surface area contributed by atoms with Gasteiger partial charge in [0.25, 0.3) is 0 Å². The standard InChI is InChI=1S/C10H17BrO4/c1-13-10(12)9(11)7-14-6-8-4-2-3-5-15-8/h8-9H,2-7H2,1H3. The molecular formula is C10H17BrO4. The normalized spacial score (nSPS) is 23.5. The summed E-state index contributed by atoms with van der Waals surface area (Å²) in [7, 11) is 1.36. The largest absolute Gasteiger partial charge is 0.468 e. The Hall–Kier alpha value is -0.130. The van der Waals surface area contributed by atoms with Gasteiger partial charge >= 0.3 is 5.97 Å². The minimum absolute atomic E-state index is 0.191. The Balaban J connectivity index is 2.07. The number of carbonyl (C=O) groups excluding carboxylic acids is 1. The molecule has 4 nitrogen and oxygen atoms in total. The van der Waals surface area contributed by atoms with Crippen molar-refractivity contribution < 1.29 is 19.0 Å². The lowest BCUT2D eigenvalue weighted by Gasteiger charge is -2.22. The summed E-state index contributed by atoms with van der Waals surface area (Å²) in [5, 5.41) is 0. The van der Waals surface area contributed by atoms with Crippen LogP contribution >= 0.6 is 15.9 Å². The average molecular weight is 281 g/mol. The van der Waals surface area contributed by atoms with Gasteiger partial charge in [-0.3, -0.25) is 4.79 Å². The van der Waals surface area contributed by atoms with Gasteiger partial charge in [0.2, 0.25) is 0 Å². The van der Waals surface area contributed by atoms with Crippen molar-refractivity contribution >= 4 is 21.9 Å². The van der Waals surface area contributed by atoms with Gasteiger partial charge in [0.1, 0.15) is 4.83 Å². The highest BCUT2D eigenvalue weighted by Gasteiger charge is 2.18. The second-order valence-corrected chi connectivity index (χ2v) is 4.62. The van der Waals surface area contributed by atoms with Gasteiger partial charge < -0.3 is 14.2 Å². The first-order valence-corrected chi connectivity index (χ1v) is 6.07. The van der Waals surface area contributed by atoms with Crippen LogP contribution in [0.25, 0.3) is 0 Å². The first kappa shape index (κ1) is 12.9. The summed E-state index contributed by atoms with van der Waals surface area (Å²) in [5.41, 5.74) is 0. The number of hydrogen-bond donors (Lipinski definition) is 0. The lowest BCUT2D eigenvalue weighted by Crippen LogP contribution is -2.28. The van der Waals surface area contributed by atoms with E-state index in [1.807, 2.05) is 0 Å². The molecule has 0 aliphatic carbocycles. The number of alkyl halides is 1. The highest BCUT2D eigenvalue weighted by Crippen LogP contribution is 2.13. The highest BCUT2D eigenvalue weighted by atomic mass is 79.9. The molecule has 0 aromatic rings. The van der Waals surface area contributed by atoms with Crippen LogP contribution in [0.3, 0.4) is 0 Å². The van der Waals surface area contributed by atoms with E-state index in [1.54, 1.807) is 0 Å². The van der Waals surface area contributed by atoms with Gasteiger partial charge in [0.15, 0.2) is 0 Å². The molecule has 0 amide bonds. The maximum Gasteiger partial charge on any atom is 0.321 e.